The van der Waals surface area contributed by atoms with Crippen LogP contribution in [-0.2, 0) is 6.61 Å². The number of hydrogen-bond acceptors (Lipinski definition) is 2. The Hall–Kier alpha value is -1.23. The smallest absolute Gasteiger partial charge is 0.390 e. The second-order valence-corrected chi connectivity index (χ2v) is 4.08. The van der Waals surface area contributed by atoms with Crippen molar-refractivity contribution in [2.45, 2.75) is 26.1 Å². The van der Waals surface area contributed by atoms with Gasteiger partial charge >= 0.3 is 6.18 Å². The van der Waals surface area contributed by atoms with Gasteiger partial charge in [-0.3, -0.25) is 0 Å². The largest absolute Gasteiger partial charge is 0.392 e. The number of anilines is 1. The van der Waals surface area contributed by atoms with Gasteiger partial charge in [0.25, 0.3) is 0 Å². The normalized spacial score (nSPS) is 11.6. The summed E-state index contributed by atoms with van der Waals surface area (Å²) in [6.45, 7) is 1.59. The summed E-state index contributed by atoms with van der Waals surface area (Å²) in [5.41, 5.74) is 2.26. The van der Waals surface area contributed by atoms with Crippen LogP contribution < -0.4 is 4.90 Å². The van der Waals surface area contributed by atoms with Crippen molar-refractivity contribution in [3.05, 3.63) is 29.3 Å². The topological polar surface area (TPSA) is 23.5 Å². The highest BCUT2D eigenvalue weighted by atomic mass is 19.4. The number of rotatable bonds is 4. The molecule has 0 amide bonds. The molecule has 0 fully saturated rings. The van der Waals surface area contributed by atoms with E-state index in [0.29, 0.717) is 11.3 Å². The van der Waals surface area contributed by atoms with Crippen LogP contribution in [0, 0.1) is 6.92 Å². The van der Waals surface area contributed by atoms with Crippen molar-refractivity contribution in [1.82, 2.24) is 0 Å². The standard InChI is InChI=1S/C12H16F3NO/c1-9-3-4-11(10(7-9)8-17)16(2)6-5-12(13,14)15/h3-4,7,17H,5-6,8H2,1-2H3. The molecular weight excluding hydrogens is 231 g/mol. The molecule has 0 atom stereocenters. The predicted octanol–water partition coefficient (Wildman–Crippen LogP) is 2.88. The molecule has 0 aliphatic heterocycles. The van der Waals surface area contributed by atoms with Crippen molar-refractivity contribution < 1.29 is 18.3 Å². The number of alkyl halides is 3. The second kappa shape index (κ2) is 5.40. The van der Waals surface area contributed by atoms with Crippen LogP contribution in [0.15, 0.2) is 18.2 Å². The molecule has 1 aromatic carbocycles. The summed E-state index contributed by atoms with van der Waals surface area (Å²) in [4.78, 5) is 1.51. The molecule has 0 bridgehead atoms. The van der Waals surface area contributed by atoms with Crippen LogP contribution in [0.5, 0.6) is 0 Å². The first-order chi connectivity index (χ1) is 7.83. The van der Waals surface area contributed by atoms with Crippen LogP contribution in [-0.4, -0.2) is 24.9 Å². The zero-order valence-electron chi connectivity index (χ0n) is 9.88. The molecular formula is C12H16F3NO. The highest BCUT2D eigenvalue weighted by Crippen LogP contribution is 2.24. The minimum absolute atomic E-state index is 0.112. The van der Waals surface area contributed by atoms with E-state index < -0.39 is 12.6 Å². The fraction of sp³-hybridized carbons (Fsp3) is 0.500. The number of benzene rings is 1. The monoisotopic (exact) mass is 247 g/mol. The second-order valence-electron chi connectivity index (χ2n) is 4.08. The van der Waals surface area contributed by atoms with Crippen molar-refractivity contribution in [2.75, 3.05) is 18.5 Å². The molecule has 17 heavy (non-hydrogen) atoms. The van der Waals surface area contributed by atoms with E-state index in [1.807, 2.05) is 13.0 Å². The fourth-order valence-corrected chi connectivity index (χ4v) is 1.63. The fourth-order valence-electron chi connectivity index (χ4n) is 1.63. The summed E-state index contributed by atoms with van der Waals surface area (Å²) in [7, 11) is 1.59. The number of aliphatic hydroxyl groups is 1. The molecule has 2 nitrogen and oxygen atoms in total. The number of aliphatic hydroxyl groups excluding tert-OH is 1. The van der Waals surface area contributed by atoms with Gasteiger partial charge in [-0.05, 0) is 13.0 Å². The summed E-state index contributed by atoms with van der Waals surface area (Å²) >= 11 is 0. The van der Waals surface area contributed by atoms with Crippen LogP contribution in [0.25, 0.3) is 0 Å². The van der Waals surface area contributed by atoms with E-state index in [4.69, 9.17) is 0 Å². The van der Waals surface area contributed by atoms with E-state index in [-0.39, 0.29) is 13.2 Å². The van der Waals surface area contributed by atoms with Crippen LogP contribution in [0.2, 0.25) is 0 Å². The van der Waals surface area contributed by atoms with Gasteiger partial charge in [-0.2, -0.15) is 13.2 Å². The average Bonchev–Trinajstić information content (AvgIpc) is 2.24. The summed E-state index contributed by atoms with van der Waals surface area (Å²) in [6.07, 6.45) is -5.01. The Morgan fingerprint density at radius 3 is 2.47 bits per heavy atom. The van der Waals surface area contributed by atoms with Gasteiger partial charge in [-0.1, -0.05) is 17.7 Å². The van der Waals surface area contributed by atoms with Crippen LogP contribution in [0.1, 0.15) is 17.5 Å². The van der Waals surface area contributed by atoms with Gasteiger partial charge in [-0.25, -0.2) is 0 Å². The quantitative estimate of drug-likeness (QED) is 0.884. The van der Waals surface area contributed by atoms with Gasteiger partial charge in [0.2, 0.25) is 0 Å². The Morgan fingerprint density at radius 2 is 1.94 bits per heavy atom. The van der Waals surface area contributed by atoms with Gasteiger partial charge in [0.05, 0.1) is 13.0 Å². The molecule has 1 rings (SSSR count). The maximum absolute atomic E-state index is 12.1. The van der Waals surface area contributed by atoms with Gasteiger partial charge in [0.15, 0.2) is 0 Å². The highest BCUT2D eigenvalue weighted by molar-refractivity contribution is 5.54. The van der Waals surface area contributed by atoms with E-state index in [2.05, 4.69) is 0 Å². The molecule has 0 spiro atoms. The Bertz CT molecular complexity index is 377. The lowest BCUT2D eigenvalue weighted by Gasteiger charge is -2.23. The Kier molecular flexibility index (Phi) is 4.40. The lowest BCUT2D eigenvalue weighted by Crippen LogP contribution is -2.25. The SMILES string of the molecule is Cc1ccc(N(C)CCC(F)(F)F)c(CO)c1. The third-order valence-corrected chi connectivity index (χ3v) is 2.55. The Morgan fingerprint density at radius 1 is 1.29 bits per heavy atom. The molecule has 1 aromatic rings. The van der Waals surface area contributed by atoms with Crippen molar-refractivity contribution in [1.29, 1.82) is 0 Å². The first-order valence-corrected chi connectivity index (χ1v) is 5.32. The maximum atomic E-state index is 12.1. The van der Waals surface area contributed by atoms with Gasteiger partial charge in [0.1, 0.15) is 0 Å². The molecule has 0 saturated carbocycles. The summed E-state index contributed by atoms with van der Waals surface area (Å²) < 4.78 is 36.3. The average molecular weight is 247 g/mol. The molecule has 0 heterocycles. The lowest BCUT2D eigenvalue weighted by molar-refractivity contribution is -0.132. The van der Waals surface area contributed by atoms with Crippen LogP contribution in [0.4, 0.5) is 18.9 Å². The van der Waals surface area contributed by atoms with Crippen molar-refractivity contribution in [3.63, 3.8) is 0 Å². The van der Waals surface area contributed by atoms with E-state index >= 15 is 0 Å². The van der Waals surface area contributed by atoms with Crippen molar-refractivity contribution in [3.8, 4) is 0 Å². The number of nitrogens with zero attached hydrogens (tertiary/aromatic N) is 1. The highest BCUT2D eigenvalue weighted by Gasteiger charge is 2.27. The molecule has 0 radical (unpaired) electrons. The first kappa shape index (κ1) is 13.8. The third kappa shape index (κ3) is 4.26. The molecule has 0 unspecified atom stereocenters. The molecule has 1 N–H and O–H groups in total. The van der Waals surface area contributed by atoms with E-state index in [1.54, 1.807) is 19.2 Å². The number of hydrogen-bond donors (Lipinski definition) is 1. The lowest BCUT2D eigenvalue weighted by atomic mass is 10.1. The summed E-state index contributed by atoms with van der Waals surface area (Å²) in [6, 6.07) is 5.33. The molecule has 0 aliphatic rings. The molecule has 0 saturated heterocycles. The third-order valence-electron chi connectivity index (χ3n) is 2.55. The Labute approximate surface area is 98.7 Å². The van der Waals surface area contributed by atoms with Gasteiger partial charge < -0.3 is 10.0 Å². The summed E-state index contributed by atoms with van der Waals surface area (Å²) in [5, 5.41) is 9.17. The van der Waals surface area contributed by atoms with E-state index in [1.165, 1.54) is 4.90 Å². The van der Waals surface area contributed by atoms with Crippen LogP contribution >= 0.6 is 0 Å². The number of halogens is 3. The zero-order valence-corrected chi connectivity index (χ0v) is 9.88. The van der Waals surface area contributed by atoms with Gasteiger partial charge in [-0.15, -0.1) is 0 Å². The zero-order chi connectivity index (χ0) is 13.1. The minimum Gasteiger partial charge on any atom is -0.392 e. The van der Waals surface area contributed by atoms with E-state index in [9.17, 15) is 18.3 Å². The van der Waals surface area contributed by atoms with E-state index in [0.717, 1.165) is 5.56 Å². The van der Waals surface area contributed by atoms with Gasteiger partial charge in [0, 0.05) is 24.8 Å². The first-order valence-electron chi connectivity index (χ1n) is 5.32. The minimum atomic E-state index is -4.15. The molecule has 96 valence electrons. The molecule has 0 aliphatic carbocycles. The maximum Gasteiger partial charge on any atom is 0.390 e. The molecule has 0 aromatic heterocycles. The number of aryl methyl sites for hydroxylation is 1. The predicted molar refractivity (Wildman–Crippen MR) is 61.0 cm³/mol. The van der Waals surface area contributed by atoms with Crippen molar-refractivity contribution in [2.24, 2.45) is 0 Å². The van der Waals surface area contributed by atoms with Crippen LogP contribution in [0.3, 0.4) is 0 Å². The molecule has 5 heteroatoms. The Balaban J connectivity index is 2.78. The summed E-state index contributed by atoms with van der Waals surface area (Å²) in [5.74, 6) is 0. The van der Waals surface area contributed by atoms with Crippen molar-refractivity contribution >= 4 is 5.69 Å².